The summed E-state index contributed by atoms with van der Waals surface area (Å²) in [4.78, 5) is 9.00. The molecular weight excluding hydrogens is 370 g/mol. The molecular formula is C21H27N5O3. The van der Waals surface area contributed by atoms with E-state index < -0.39 is 6.10 Å². The number of anilines is 3. The molecule has 3 heterocycles. The average molecular weight is 397 g/mol. The zero-order valence-electron chi connectivity index (χ0n) is 17.0. The van der Waals surface area contributed by atoms with Gasteiger partial charge in [-0.15, -0.1) is 0 Å². The minimum absolute atomic E-state index is 0.446. The number of aryl methyl sites for hydroxylation is 1. The molecule has 8 nitrogen and oxygen atoms in total. The van der Waals surface area contributed by atoms with Gasteiger partial charge in [0, 0.05) is 55.6 Å². The molecule has 2 aromatic rings. The predicted octanol–water partition coefficient (Wildman–Crippen LogP) is 2.39. The smallest absolute Gasteiger partial charge is 0.229 e. The van der Waals surface area contributed by atoms with Gasteiger partial charge < -0.3 is 30.5 Å². The largest absolute Gasteiger partial charge is 0.486 e. The third-order valence-electron chi connectivity index (χ3n) is 5.10. The summed E-state index contributed by atoms with van der Waals surface area (Å²) in [6, 6.07) is 3.82. The topological polar surface area (TPSA) is 101 Å². The molecule has 0 saturated heterocycles. The highest BCUT2D eigenvalue weighted by Crippen LogP contribution is 2.45. The molecule has 0 aliphatic carbocycles. The van der Waals surface area contributed by atoms with Gasteiger partial charge in [0.2, 0.25) is 5.95 Å². The third kappa shape index (κ3) is 4.13. The maximum atomic E-state index is 10.3. The Bertz CT molecular complexity index is 944. The molecule has 0 amide bonds. The molecule has 0 saturated carbocycles. The number of aliphatic hydroxyl groups excluding tert-OH is 1. The number of benzene rings is 1. The number of β-amino-alcohol motifs (C(OH)–C–C–N with tert-alkyl or cyclic N) is 1. The van der Waals surface area contributed by atoms with E-state index in [1.807, 2.05) is 33.0 Å². The van der Waals surface area contributed by atoms with Crippen LogP contribution >= 0.6 is 0 Å². The van der Waals surface area contributed by atoms with E-state index in [4.69, 9.17) is 9.47 Å². The van der Waals surface area contributed by atoms with Gasteiger partial charge in [0.15, 0.2) is 11.5 Å². The van der Waals surface area contributed by atoms with Gasteiger partial charge in [-0.3, -0.25) is 0 Å². The van der Waals surface area contributed by atoms with Gasteiger partial charge in [-0.05, 0) is 25.0 Å². The van der Waals surface area contributed by atoms with Crippen molar-refractivity contribution in [1.82, 2.24) is 15.3 Å². The molecule has 0 bridgehead atoms. The van der Waals surface area contributed by atoms with E-state index >= 15 is 0 Å². The Kier molecular flexibility index (Phi) is 5.55. The first-order chi connectivity index (χ1) is 14.0. The van der Waals surface area contributed by atoms with Gasteiger partial charge in [-0.1, -0.05) is 6.08 Å². The van der Waals surface area contributed by atoms with Crippen LogP contribution in [0, 0.1) is 13.8 Å². The SMILES string of the molecule is CNc1cc(C)nc(Nc2cc3c(c(C4=CCNCC(O)C4)c2C)OCCO3)n1. The molecule has 8 heteroatoms. The van der Waals surface area contributed by atoms with E-state index in [1.54, 1.807) is 0 Å². The van der Waals surface area contributed by atoms with Crippen molar-refractivity contribution in [2.45, 2.75) is 26.4 Å². The molecule has 4 rings (SSSR count). The first-order valence-corrected chi connectivity index (χ1v) is 9.87. The second-order valence-corrected chi connectivity index (χ2v) is 7.29. The fourth-order valence-electron chi connectivity index (χ4n) is 3.73. The van der Waals surface area contributed by atoms with Crippen LogP contribution in [0.1, 0.15) is 23.2 Å². The Morgan fingerprint density at radius 3 is 2.83 bits per heavy atom. The lowest BCUT2D eigenvalue weighted by Crippen LogP contribution is -2.24. The summed E-state index contributed by atoms with van der Waals surface area (Å²) in [5.74, 6) is 2.68. The predicted molar refractivity (Wildman–Crippen MR) is 113 cm³/mol. The highest BCUT2D eigenvalue weighted by Gasteiger charge is 2.25. The monoisotopic (exact) mass is 397 g/mol. The van der Waals surface area contributed by atoms with Crippen LogP contribution in [-0.4, -0.2) is 54.5 Å². The van der Waals surface area contributed by atoms with E-state index in [0.29, 0.717) is 44.4 Å². The quantitative estimate of drug-likeness (QED) is 0.624. The van der Waals surface area contributed by atoms with Crippen molar-refractivity contribution in [1.29, 1.82) is 0 Å². The summed E-state index contributed by atoms with van der Waals surface area (Å²) in [5.41, 5.74) is 4.73. The van der Waals surface area contributed by atoms with Gasteiger partial charge >= 0.3 is 0 Å². The van der Waals surface area contributed by atoms with Crippen molar-refractivity contribution < 1.29 is 14.6 Å². The third-order valence-corrected chi connectivity index (χ3v) is 5.10. The van der Waals surface area contributed by atoms with Gasteiger partial charge in [-0.25, -0.2) is 4.98 Å². The van der Waals surface area contributed by atoms with E-state index in [0.717, 1.165) is 39.6 Å². The van der Waals surface area contributed by atoms with Crippen LogP contribution in [0.15, 0.2) is 18.2 Å². The number of aliphatic hydroxyl groups is 1. The minimum atomic E-state index is -0.446. The molecule has 1 aromatic heterocycles. The van der Waals surface area contributed by atoms with Crippen LogP contribution in [0.5, 0.6) is 11.5 Å². The van der Waals surface area contributed by atoms with E-state index in [2.05, 4.69) is 32.0 Å². The zero-order valence-corrected chi connectivity index (χ0v) is 17.0. The number of nitrogens with one attached hydrogen (secondary N) is 3. The maximum Gasteiger partial charge on any atom is 0.229 e. The zero-order chi connectivity index (χ0) is 20.4. The van der Waals surface area contributed by atoms with E-state index in [1.165, 1.54) is 0 Å². The Hall–Kier alpha value is -2.84. The number of ether oxygens (including phenoxy) is 2. The summed E-state index contributed by atoms with van der Waals surface area (Å²) in [7, 11) is 1.83. The summed E-state index contributed by atoms with van der Waals surface area (Å²) in [6.45, 7) is 6.25. The lowest BCUT2D eigenvalue weighted by atomic mass is 9.93. The number of nitrogens with zero attached hydrogens (tertiary/aromatic N) is 2. The van der Waals surface area contributed by atoms with Crippen LogP contribution in [0.25, 0.3) is 5.57 Å². The first kappa shape index (κ1) is 19.5. The number of rotatable bonds is 4. The van der Waals surface area contributed by atoms with Crippen molar-refractivity contribution >= 4 is 23.0 Å². The van der Waals surface area contributed by atoms with Crippen LogP contribution in [0.3, 0.4) is 0 Å². The van der Waals surface area contributed by atoms with Crippen molar-refractivity contribution in [2.75, 3.05) is 44.0 Å². The summed E-state index contributed by atoms with van der Waals surface area (Å²) < 4.78 is 11.9. The first-order valence-electron chi connectivity index (χ1n) is 9.87. The van der Waals surface area contributed by atoms with Gasteiger partial charge in [0.25, 0.3) is 0 Å². The molecule has 29 heavy (non-hydrogen) atoms. The number of aromatic nitrogens is 2. The summed E-state index contributed by atoms with van der Waals surface area (Å²) >= 11 is 0. The average Bonchev–Trinajstić information content (AvgIpc) is 2.92. The Morgan fingerprint density at radius 2 is 2.00 bits per heavy atom. The number of fused-ring (bicyclic) bond motifs is 1. The van der Waals surface area contributed by atoms with E-state index in [9.17, 15) is 5.11 Å². The summed E-state index contributed by atoms with van der Waals surface area (Å²) in [5, 5.41) is 19.9. The molecule has 4 N–H and O–H groups in total. The molecule has 1 aromatic carbocycles. The summed E-state index contributed by atoms with van der Waals surface area (Å²) in [6.07, 6.45) is 2.22. The molecule has 154 valence electrons. The minimum Gasteiger partial charge on any atom is -0.486 e. The lowest BCUT2D eigenvalue weighted by Gasteiger charge is -2.26. The molecule has 0 fully saturated rings. The molecule has 1 atom stereocenters. The molecule has 2 aliphatic heterocycles. The fraction of sp³-hybridized carbons (Fsp3) is 0.429. The van der Waals surface area contributed by atoms with E-state index in [-0.39, 0.29) is 0 Å². The number of hydrogen-bond donors (Lipinski definition) is 4. The normalized spacial score (nSPS) is 18.6. The standard InChI is InChI=1S/C21H27N5O3/c1-12-8-18(22-3)26-21(24-12)25-16-10-17-20(29-7-6-28-17)19(13(16)2)14-4-5-23-11-15(27)9-14/h4,8,10,15,23,27H,5-7,9,11H2,1-3H3,(H2,22,24,25,26). The molecule has 0 spiro atoms. The molecule has 2 aliphatic rings. The van der Waals surface area contributed by atoms with Crippen molar-refractivity contribution in [3.63, 3.8) is 0 Å². The van der Waals surface area contributed by atoms with Crippen molar-refractivity contribution in [2.24, 2.45) is 0 Å². The van der Waals surface area contributed by atoms with Crippen molar-refractivity contribution in [3.05, 3.63) is 35.0 Å². The number of hydrogen-bond acceptors (Lipinski definition) is 8. The highest BCUT2D eigenvalue weighted by molar-refractivity contribution is 5.82. The molecule has 0 radical (unpaired) electrons. The Morgan fingerprint density at radius 1 is 1.17 bits per heavy atom. The van der Waals surface area contributed by atoms with Gasteiger partial charge in [0.1, 0.15) is 19.0 Å². The molecule has 1 unspecified atom stereocenters. The van der Waals surface area contributed by atoms with Crippen LogP contribution in [0.2, 0.25) is 0 Å². The van der Waals surface area contributed by atoms with Crippen LogP contribution in [-0.2, 0) is 0 Å². The van der Waals surface area contributed by atoms with Gasteiger partial charge in [-0.2, -0.15) is 4.98 Å². The second kappa shape index (κ2) is 8.26. The van der Waals surface area contributed by atoms with Crippen LogP contribution < -0.4 is 25.4 Å². The second-order valence-electron chi connectivity index (χ2n) is 7.29. The van der Waals surface area contributed by atoms with Gasteiger partial charge in [0.05, 0.1) is 6.10 Å². The lowest BCUT2D eigenvalue weighted by molar-refractivity contribution is 0.170. The Balaban J connectivity index is 1.79. The van der Waals surface area contributed by atoms with Crippen LogP contribution in [0.4, 0.5) is 17.5 Å². The highest BCUT2D eigenvalue weighted by atomic mass is 16.6. The Labute approximate surface area is 170 Å². The maximum absolute atomic E-state index is 10.3. The van der Waals surface area contributed by atoms with Crippen molar-refractivity contribution in [3.8, 4) is 11.5 Å². The fourth-order valence-corrected chi connectivity index (χ4v) is 3.73.